The minimum atomic E-state index is -0.465. The molecule has 0 amide bonds. The van der Waals surface area contributed by atoms with Gasteiger partial charge in [-0.25, -0.2) is 0 Å². The molecule has 6 heteroatoms. The maximum absolute atomic E-state index is 10.9. The first kappa shape index (κ1) is 14.9. The molecule has 100 valence electrons. The summed E-state index contributed by atoms with van der Waals surface area (Å²) < 4.78 is 0. The Balaban J connectivity index is 2.94. The van der Waals surface area contributed by atoms with Gasteiger partial charge in [0.2, 0.25) is 0 Å². The van der Waals surface area contributed by atoms with E-state index in [4.69, 9.17) is 11.6 Å². The second-order valence-electron chi connectivity index (χ2n) is 4.42. The molecule has 0 radical (unpaired) electrons. The first-order chi connectivity index (χ1) is 8.43. The van der Waals surface area contributed by atoms with Crippen molar-refractivity contribution in [3.63, 3.8) is 0 Å². The van der Waals surface area contributed by atoms with Gasteiger partial charge in [0.25, 0.3) is 5.69 Å². The topological polar surface area (TPSA) is 75.4 Å². The van der Waals surface area contributed by atoms with Crippen LogP contribution in [-0.2, 0) is 6.54 Å². The molecule has 1 aromatic rings. The molecular weight excluding hydrogens is 256 g/mol. The number of nitrogens with one attached hydrogen (secondary N) is 1. The third-order valence-electron chi connectivity index (χ3n) is 3.11. The molecule has 5 nitrogen and oxygen atoms in total. The highest BCUT2D eigenvalue weighted by Crippen LogP contribution is 2.26. The van der Waals surface area contributed by atoms with E-state index in [1.54, 1.807) is 12.1 Å². The third kappa shape index (κ3) is 3.41. The number of hydrogen-bond acceptors (Lipinski definition) is 4. The third-order valence-corrected chi connectivity index (χ3v) is 3.47. The van der Waals surface area contributed by atoms with Gasteiger partial charge in [0.1, 0.15) is 0 Å². The van der Waals surface area contributed by atoms with Crippen LogP contribution in [0.5, 0.6) is 0 Å². The van der Waals surface area contributed by atoms with E-state index in [1.165, 1.54) is 6.07 Å². The Bertz CT molecular complexity index is 433. The van der Waals surface area contributed by atoms with Gasteiger partial charge in [-0.05, 0) is 19.4 Å². The van der Waals surface area contributed by atoms with E-state index in [2.05, 4.69) is 5.32 Å². The van der Waals surface area contributed by atoms with Crippen LogP contribution in [0.25, 0.3) is 0 Å². The van der Waals surface area contributed by atoms with Gasteiger partial charge in [-0.1, -0.05) is 24.6 Å². The van der Waals surface area contributed by atoms with Crippen molar-refractivity contribution in [3.8, 4) is 0 Å². The highest BCUT2D eigenvalue weighted by atomic mass is 35.5. The van der Waals surface area contributed by atoms with Crippen LogP contribution < -0.4 is 5.32 Å². The Morgan fingerprint density at radius 2 is 2.22 bits per heavy atom. The number of nitro groups is 1. The fourth-order valence-electron chi connectivity index (χ4n) is 1.49. The lowest BCUT2D eigenvalue weighted by Gasteiger charge is -2.27. The minimum Gasteiger partial charge on any atom is -0.394 e. The molecule has 0 bridgehead atoms. The van der Waals surface area contributed by atoms with Crippen LogP contribution in [-0.4, -0.2) is 22.2 Å². The lowest BCUT2D eigenvalue weighted by molar-refractivity contribution is -0.385. The van der Waals surface area contributed by atoms with E-state index in [0.29, 0.717) is 17.0 Å². The fourth-order valence-corrected chi connectivity index (χ4v) is 1.72. The van der Waals surface area contributed by atoms with Crippen molar-refractivity contribution in [2.45, 2.75) is 32.4 Å². The minimum absolute atomic E-state index is 0.00797. The number of hydrogen-bond donors (Lipinski definition) is 2. The van der Waals surface area contributed by atoms with Crippen molar-refractivity contribution in [1.29, 1.82) is 0 Å². The summed E-state index contributed by atoms with van der Waals surface area (Å²) in [6.45, 7) is 4.00. The predicted molar refractivity (Wildman–Crippen MR) is 70.7 cm³/mol. The number of aliphatic hydroxyl groups is 1. The molecular formula is C12H17ClN2O3. The molecule has 0 saturated carbocycles. The van der Waals surface area contributed by atoms with Crippen LogP contribution in [0.3, 0.4) is 0 Å². The first-order valence-corrected chi connectivity index (χ1v) is 6.09. The van der Waals surface area contributed by atoms with Gasteiger partial charge in [-0.15, -0.1) is 0 Å². The molecule has 1 aromatic carbocycles. The summed E-state index contributed by atoms with van der Waals surface area (Å²) >= 11 is 5.98. The number of benzene rings is 1. The van der Waals surface area contributed by atoms with Crippen molar-refractivity contribution in [1.82, 2.24) is 5.32 Å². The molecule has 1 rings (SSSR count). The standard InChI is InChI=1S/C12H17ClN2O3/c1-3-12(2,8-16)14-7-9-10(13)5-4-6-11(9)15(17)18/h4-6,14,16H,3,7-8H2,1-2H3. The van der Waals surface area contributed by atoms with Crippen molar-refractivity contribution in [2.75, 3.05) is 6.61 Å². The number of nitrogens with zero attached hydrogens (tertiary/aromatic N) is 1. The molecule has 1 unspecified atom stereocenters. The Hall–Kier alpha value is -1.17. The zero-order valence-electron chi connectivity index (χ0n) is 10.4. The summed E-state index contributed by atoms with van der Waals surface area (Å²) in [5, 5.41) is 23.7. The summed E-state index contributed by atoms with van der Waals surface area (Å²) in [4.78, 5) is 10.5. The van der Waals surface area contributed by atoms with Gasteiger partial charge in [-0.3, -0.25) is 10.1 Å². The molecule has 0 aliphatic rings. The zero-order valence-corrected chi connectivity index (χ0v) is 11.2. The quantitative estimate of drug-likeness (QED) is 0.616. The molecule has 0 saturated heterocycles. The maximum Gasteiger partial charge on any atom is 0.275 e. The van der Waals surface area contributed by atoms with Crippen LogP contribution in [0, 0.1) is 10.1 Å². The number of nitro benzene ring substituents is 1. The van der Waals surface area contributed by atoms with Crippen LogP contribution in [0.4, 0.5) is 5.69 Å². The molecule has 2 N–H and O–H groups in total. The second-order valence-corrected chi connectivity index (χ2v) is 4.83. The van der Waals surface area contributed by atoms with Gasteiger partial charge in [-0.2, -0.15) is 0 Å². The normalized spacial score (nSPS) is 14.2. The Morgan fingerprint density at radius 1 is 1.56 bits per heavy atom. The van der Waals surface area contributed by atoms with Crippen molar-refractivity contribution in [3.05, 3.63) is 38.9 Å². The molecule has 18 heavy (non-hydrogen) atoms. The van der Waals surface area contributed by atoms with Crippen LogP contribution in [0.2, 0.25) is 5.02 Å². The van der Waals surface area contributed by atoms with Crippen LogP contribution >= 0.6 is 11.6 Å². The molecule has 0 aliphatic carbocycles. The Kier molecular flexibility index (Phi) is 5.07. The molecule has 0 heterocycles. The van der Waals surface area contributed by atoms with E-state index in [-0.39, 0.29) is 18.8 Å². The van der Waals surface area contributed by atoms with Gasteiger partial charge < -0.3 is 10.4 Å². The highest BCUT2D eigenvalue weighted by Gasteiger charge is 2.23. The highest BCUT2D eigenvalue weighted by molar-refractivity contribution is 6.31. The largest absolute Gasteiger partial charge is 0.394 e. The van der Waals surface area contributed by atoms with E-state index < -0.39 is 10.5 Å². The van der Waals surface area contributed by atoms with Crippen molar-refractivity contribution >= 4 is 17.3 Å². The molecule has 0 fully saturated rings. The van der Waals surface area contributed by atoms with E-state index in [1.807, 2.05) is 13.8 Å². The van der Waals surface area contributed by atoms with Gasteiger partial charge >= 0.3 is 0 Å². The van der Waals surface area contributed by atoms with Gasteiger partial charge in [0.15, 0.2) is 0 Å². The summed E-state index contributed by atoms with van der Waals surface area (Å²) in [6.07, 6.45) is 0.710. The fraction of sp³-hybridized carbons (Fsp3) is 0.500. The van der Waals surface area contributed by atoms with E-state index in [0.717, 1.165) is 0 Å². The van der Waals surface area contributed by atoms with E-state index in [9.17, 15) is 15.2 Å². The summed E-state index contributed by atoms with van der Waals surface area (Å²) in [5.74, 6) is 0. The lowest BCUT2D eigenvalue weighted by Crippen LogP contribution is -2.44. The smallest absolute Gasteiger partial charge is 0.275 e. The van der Waals surface area contributed by atoms with Crippen molar-refractivity contribution in [2.24, 2.45) is 0 Å². The average Bonchev–Trinajstić information content (AvgIpc) is 2.36. The lowest BCUT2D eigenvalue weighted by atomic mass is 9.99. The molecule has 0 aliphatic heterocycles. The Labute approximate surface area is 111 Å². The summed E-state index contributed by atoms with van der Waals surface area (Å²) in [5.41, 5.74) is -0.0313. The summed E-state index contributed by atoms with van der Waals surface area (Å²) in [6, 6.07) is 4.59. The molecule has 0 aromatic heterocycles. The number of halogens is 1. The summed E-state index contributed by atoms with van der Waals surface area (Å²) in [7, 11) is 0. The average molecular weight is 273 g/mol. The predicted octanol–water partition coefficient (Wildman–Crippen LogP) is 2.50. The maximum atomic E-state index is 10.9. The van der Waals surface area contributed by atoms with Gasteiger partial charge in [0, 0.05) is 18.2 Å². The molecule has 1 atom stereocenters. The van der Waals surface area contributed by atoms with Crippen molar-refractivity contribution < 1.29 is 10.0 Å². The zero-order chi connectivity index (χ0) is 13.8. The first-order valence-electron chi connectivity index (χ1n) is 5.71. The Morgan fingerprint density at radius 3 is 2.72 bits per heavy atom. The monoisotopic (exact) mass is 272 g/mol. The van der Waals surface area contributed by atoms with E-state index >= 15 is 0 Å². The van der Waals surface area contributed by atoms with Crippen LogP contribution in [0.1, 0.15) is 25.8 Å². The number of aliphatic hydroxyl groups excluding tert-OH is 1. The second kappa shape index (κ2) is 6.13. The molecule has 0 spiro atoms. The van der Waals surface area contributed by atoms with Crippen LogP contribution in [0.15, 0.2) is 18.2 Å². The number of rotatable bonds is 6. The SMILES string of the molecule is CCC(C)(CO)NCc1c(Cl)cccc1[N+](=O)[O-]. The van der Waals surface area contributed by atoms with Gasteiger partial charge in [0.05, 0.1) is 22.1 Å².